The Bertz CT molecular complexity index is 554. The molecule has 0 fully saturated rings. The van der Waals surface area contributed by atoms with Crippen molar-refractivity contribution in [3.8, 4) is 0 Å². The van der Waals surface area contributed by atoms with Gasteiger partial charge in [-0.15, -0.1) is 11.6 Å². The fourth-order valence-electron chi connectivity index (χ4n) is 2.68. The fraction of sp³-hybridized carbons (Fsp3) is 0.294. The maximum atomic E-state index is 6.59. The van der Waals surface area contributed by atoms with Gasteiger partial charge in [0.05, 0.1) is 5.38 Å². The van der Waals surface area contributed by atoms with Gasteiger partial charge in [-0.05, 0) is 48.4 Å². The van der Waals surface area contributed by atoms with Crippen LogP contribution in [0, 0.1) is 6.92 Å². The Balaban J connectivity index is 1.92. The van der Waals surface area contributed by atoms with Crippen LogP contribution in [0.15, 0.2) is 42.5 Å². The van der Waals surface area contributed by atoms with E-state index in [1.165, 1.54) is 47.1 Å². The third-order valence-corrected chi connectivity index (χ3v) is 4.29. The number of alkyl halides is 1. The highest BCUT2D eigenvalue weighted by atomic mass is 35.5. The molecule has 1 heteroatoms. The first-order valence-electron chi connectivity index (χ1n) is 6.56. The van der Waals surface area contributed by atoms with Gasteiger partial charge in [0.1, 0.15) is 0 Å². The summed E-state index contributed by atoms with van der Waals surface area (Å²) in [7, 11) is 0. The van der Waals surface area contributed by atoms with Crippen LogP contribution in [0.1, 0.15) is 39.6 Å². The first-order chi connectivity index (χ1) is 8.74. The lowest BCUT2D eigenvalue weighted by Gasteiger charge is -2.12. The lowest BCUT2D eigenvalue weighted by molar-refractivity contribution is 0.911. The summed E-state index contributed by atoms with van der Waals surface area (Å²) in [5, 5.41) is -0.0310. The van der Waals surface area contributed by atoms with Crippen LogP contribution in [0.3, 0.4) is 0 Å². The summed E-state index contributed by atoms with van der Waals surface area (Å²) in [4.78, 5) is 0. The van der Waals surface area contributed by atoms with Crippen molar-refractivity contribution in [2.75, 3.05) is 0 Å². The molecule has 0 spiro atoms. The SMILES string of the molecule is Cc1ccc(C(Cl)c2ccc3c(c2)CCC3)cc1. The van der Waals surface area contributed by atoms with Crippen molar-refractivity contribution in [1.82, 2.24) is 0 Å². The van der Waals surface area contributed by atoms with E-state index in [2.05, 4.69) is 49.4 Å². The van der Waals surface area contributed by atoms with Gasteiger partial charge in [0.15, 0.2) is 0 Å². The summed E-state index contributed by atoms with van der Waals surface area (Å²) >= 11 is 6.59. The van der Waals surface area contributed by atoms with Crippen molar-refractivity contribution in [3.63, 3.8) is 0 Å². The van der Waals surface area contributed by atoms with Gasteiger partial charge in [0.2, 0.25) is 0 Å². The number of hydrogen-bond acceptors (Lipinski definition) is 0. The molecule has 1 unspecified atom stereocenters. The number of rotatable bonds is 2. The largest absolute Gasteiger partial charge is 0.113 e. The predicted octanol–water partition coefficient (Wildman–Crippen LogP) is 4.81. The van der Waals surface area contributed by atoms with Gasteiger partial charge in [-0.2, -0.15) is 0 Å². The van der Waals surface area contributed by atoms with E-state index in [9.17, 15) is 0 Å². The minimum atomic E-state index is -0.0310. The summed E-state index contributed by atoms with van der Waals surface area (Å²) in [5.41, 5.74) is 6.68. The fourth-order valence-corrected chi connectivity index (χ4v) is 2.96. The van der Waals surface area contributed by atoms with Crippen molar-refractivity contribution in [3.05, 3.63) is 70.3 Å². The first kappa shape index (κ1) is 11.8. The van der Waals surface area contributed by atoms with Crippen LogP contribution in [0.4, 0.5) is 0 Å². The minimum absolute atomic E-state index is 0.0310. The van der Waals surface area contributed by atoms with E-state index in [1.54, 1.807) is 0 Å². The Hall–Kier alpha value is -1.27. The highest BCUT2D eigenvalue weighted by Crippen LogP contribution is 2.32. The molecule has 0 radical (unpaired) electrons. The molecule has 0 aliphatic heterocycles. The molecule has 0 bridgehead atoms. The predicted molar refractivity (Wildman–Crippen MR) is 77.3 cm³/mol. The number of halogens is 1. The van der Waals surface area contributed by atoms with Crippen LogP contribution >= 0.6 is 11.6 Å². The highest BCUT2D eigenvalue weighted by Gasteiger charge is 2.15. The molecule has 3 rings (SSSR count). The molecule has 2 aromatic carbocycles. The highest BCUT2D eigenvalue weighted by molar-refractivity contribution is 6.22. The monoisotopic (exact) mass is 256 g/mol. The third kappa shape index (κ3) is 2.18. The van der Waals surface area contributed by atoms with Gasteiger partial charge in [-0.25, -0.2) is 0 Å². The maximum absolute atomic E-state index is 6.59. The molecule has 0 saturated heterocycles. The van der Waals surface area contributed by atoms with E-state index in [4.69, 9.17) is 11.6 Å². The van der Waals surface area contributed by atoms with Gasteiger partial charge in [-0.3, -0.25) is 0 Å². The van der Waals surface area contributed by atoms with Crippen molar-refractivity contribution >= 4 is 11.6 Å². The van der Waals surface area contributed by atoms with Crippen molar-refractivity contribution < 1.29 is 0 Å². The average Bonchev–Trinajstić information content (AvgIpc) is 2.86. The van der Waals surface area contributed by atoms with Crippen LogP contribution in [-0.4, -0.2) is 0 Å². The van der Waals surface area contributed by atoms with Gasteiger partial charge >= 0.3 is 0 Å². The lowest BCUT2D eigenvalue weighted by Crippen LogP contribution is -1.95. The minimum Gasteiger partial charge on any atom is -0.113 e. The summed E-state index contributed by atoms with van der Waals surface area (Å²) < 4.78 is 0. The number of hydrogen-bond donors (Lipinski definition) is 0. The zero-order valence-corrected chi connectivity index (χ0v) is 11.4. The van der Waals surface area contributed by atoms with E-state index < -0.39 is 0 Å². The maximum Gasteiger partial charge on any atom is 0.0835 e. The topological polar surface area (TPSA) is 0 Å². The summed E-state index contributed by atoms with van der Waals surface area (Å²) in [6, 6.07) is 15.2. The average molecular weight is 257 g/mol. The zero-order chi connectivity index (χ0) is 12.5. The van der Waals surface area contributed by atoms with Crippen LogP contribution in [0.5, 0.6) is 0 Å². The van der Waals surface area contributed by atoms with Crippen molar-refractivity contribution in [1.29, 1.82) is 0 Å². The Labute approximate surface area is 114 Å². The molecule has 18 heavy (non-hydrogen) atoms. The molecule has 1 aliphatic carbocycles. The van der Waals surface area contributed by atoms with E-state index in [1.807, 2.05) is 0 Å². The molecule has 0 heterocycles. The number of aryl methyl sites for hydroxylation is 3. The van der Waals surface area contributed by atoms with E-state index in [-0.39, 0.29) is 5.38 Å². The quantitative estimate of drug-likeness (QED) is 0.677. The molecule has 0 N–H and O–H groups in total. The van der Waals surface area contributed by atoms with Crippen LogP contribution in [0.25, 0.3) is 0 Å². The molecule has 1 aliphatic rings. The van der Waals surface area contributed by atoms with Gasteiger partial charge in [0.25, 0.3) is 0 Å². The lowest BCUT2D eigenvalue weighted by atomic mass is 9.99. The summed E-state index contributed by atoms with van der Waals surface area (Å²) in [6.07, 6.45) is 3.73. The van der Waals surface area contributed by atoms with Crippen LogP contribution in [-0.2, 0) is 12.8 Å². The second kappa shape index (κ2) is 4.78. The number of fused-ring (bicyclic) bond motifs is 1. The van der Waals surface area contributed by atoms with E-state index >= 15 is 0 Å². The van der Waals surface area contributed by atoms with Gasteiger partial charge < -0.3 is 0 Å². The molecular formula is C17H17Cl. The second-order valence-electron chi connectivity index (χ2n) is 5.15. The Morgan fingerprint density at radius 1 is 0.889 bits per heavy atom. The molecule has 0 amide bonds. The van der Waals surface area contributed by atoms with Gasteiger partial charge in [0, 0.05) is 0 Å². The first-order valence-corrected chi connectivity index (χ1v) is 7.00. The molecular weight excluding hydrogens is 240 g/mol. The second-order valence-corrected chi connectivity index (χ2v) is 5.59. The Morgan fingerprint density at radius 2 is 1.56 bits per heavy atom. The molecule has 1 atom stereocenters. The molecule has 2 aromatic rings. The molecule has 0 aromatic heterocycles. The standard InChI is InChI=1S/C17H17Cl/c1-12-5-7-14(8-6-12)17(18)16-10-9-13-3-2-4-15(13)11-16/h5-11,17H,2-4H2,1H3. The third-order valence-electron chi connectivity index (χ3n) is 3.79. The molecule has 0 saturated carbocycles. The Kier molecular flexibility index (Phi) is 3.13. The zero-order valence-electron chi connectivity index (χ0n) is 10.6. The van der Waals surface area contributed by atoms with Crippen molar-refractivity contribution in [2.24, 2.45) is 0 Å². The smallest absolute Gasteiger partial charge is 0.0835 e. The summed E-state index contributed by atoms with van der Waals surface area (Å²) in [6.45, 7) is 2.10. The molecule has 0 nitrogen and oxygen atoms in total. The van der Waals surface area contributed by atoms with E-state index in [0.717, 1.165) is 0 Å². The molecule has 92 valence electrons. The number of benzene rings is 2. The van der Waals surface area contributed by atoms with Gasteiger partial charge in [-0.1, -0.05) is 48.0 Å². The van der Waals surface area contributed by atoms with Crippen LogP contribution in [0.2, 0.25) is 0 Å². The normalized spacial score (nSPS) is 15.4. The van der Waals surface area contributed by atoms with Crippen molar-refractivity contribution in [2.45, 2.75) is 31.6 Å². The van der Waals surface area contributed by atoms with E-state index in [0.29, 0.717) is 0 Å². The Morgan fingerprint density at radius 3 is 2.33 bits per heavy atom. The van der Waals surface area contributed by atoms with Crippen LogP contribution < -0.4 is 0 Å². The summed E-state index contributed by atoms with van der Waals surface area (Å²) in [5.74, 6) is 0.